The maximum absolute atomic E-state index is 6.95. The number of amidine groups is 1. The molecule has 0 aliphatic heterocycles. The van der Waals surface area contributed by atoms with Crippen LogP contribution in [-0.4, -0.2) is 16.0 Å². The SMILES string of the molecule is N=C(N)c1ccnnc1. The fourth-order valence-corrected chi connectivity index (χ4v) is 0.450. The lowest BCUT2D eigenvalue weighted by Crippen LogP contribution is -2.11. The summed E-state index contributed by atoms with van der Waals surface area (Å²) in [5.41, 5.74) is 5.73. The normalized spacial score (nSPS) is 8.89. The van der Waals surface area contributed by atoms with E-state index in [1.54, 1.807) is 6.07 Å². The summed E-state index contributed by atoms with van der Waals surface area (Å²) >= 11 is 0. The average molecular weight is 122 g/mol. The average Bonchev–Trinajstić information content (AvgIpc) is 1.90. The van der Waals surface area contributed by atoms with E-state index < -0.39 is 0 Å². The molecule has 0 aliphatic carbocycles. The van der Waals surface area contributed by atoms with Gasteiger partial charge in [0.25, 0.3) is 0 Å². The summed E-state index contributed by atoms with van der Waals surface area (Å²) in [7, 11) is 0. The Balaban J connectivity index is 2.98. The number of hydrogen-bond donors (Lipinski definition) is 2. The summed E-state index contributed by atoms with van der Waals surface area (Å²) in [4.78, 5) is 0. The van der Waals surface area contributed by atoms with Crippen molar-refractivity contribution in [2.45, 2.75) is 0 Å². The maximum atomic E-state index is 6.95. The second-order valence-corrected chi connectivity index (χ2v) is 1.54. The van der Waals surface area contributed by atoms with Crippen molar-refractivity contribution in [3.05, 3.63) is 24.0 Å². The van der Waals surface area contributed by atoms with Crippen LogP contribution in [0.4, 0.5) is 0 Å². The number of hydrogen-bond acceptors (Lipinski definition) is 3. The zero-order valence-corrected chi connectivity index (χ0v) is 4.70. The highest BCUT2D eigenvalue weighted by Crippen LogP contribution is 1.89. The van der Waals surface area contributed by atoms with Crippen LogP contribution < -0.4 is 5.73 Å². The van der Waals surface area contributed by atoms with E-state index >= 15 is 0 Å². The summed E-state index contributed by atoms with van der Waals surface area (Å²) in [6, 6.07) is 1.63. The molecule has 0 saturated carbocycles. The summed E-state index contributed by atoms with van der Waals surface area (Å²) in [5.74, 6) is 0.0184. The minimum Gasteiger partial charge on any atom is -0.384 e. The van der Waals surface area contributed by atoms with Crippen molar-refractivity contribution in [2.24, 2.45) is 5.73 Å². The molecule has 0 amide bonds. The smallest absolute Gasteiger partial charge is 0.124 e. The monoisotopic (exact) mass is 122 g/mol. The van der Waals surface area contributed by atoms with Crippen LogP contribution in [0.15, 0.2) is 18.5 Å². The Kier molecular flexibility index (Phi) is 1.40. The number of aromatic nitrogens is 2. The van der Waals surface area contributed by atoms with Gasteiger partial charge in [-0.2, -0.15) is 10.2 Å². The Morgan fingerprint density at radius 3 is 2.67 bits per heavy atom. The molecular formula is C5H6N4. The fourth-order valence-electron chi connectivity index (χ4n) is 0.450. The fraction of sp³-hybridized carbons (Fsp3) is 0. The first kappa shape index (κ1) is 5.68. The molecule has 0 saturated heterocycles. The molecule has 0 spiro atoms. The predicted molar refractivity (Wildman–Crippen MR) is 33.0 cm³/mol. The lowest BCUT2D eigenvalue weighted by molar-refractivity contribution is 1.02. The summed E-state index contributed by atoms with van der Waals surface area (Å²) < 4.78 is 0. The molecule has 1 aromatic rings. The molecule has 0 atom stereocenters. The molecule has 4 nitrogen and oxygen atoms in total. The highest BCUT2D eigenvalue weighted by molar-refractivity contribution is 5.94. The zero-order valence-electron chi connectivity index (χ0n) is 4.70. The van der Waals surface area contributed by atoms with Gasteiger partial charge in [0, 0.05) is 5.56 Å². The Morgan fingerprint density at radius 2 is 2.33 bits per heavy atom. The minimum absolute atomic E-state index is 0.0184. The third-order valence-corrected chi connectivity index (χ3v) is 0.895. The molecule has 1 rings (SSSR count). The number of nitrogens with two attached hydrogens (primary N) is 1. The third-order valence-electron chi connectivity index (χ3n) is 0.895. The molecule has 46 valence electrons. The van der Waals surface area contributed by atoms with E-state index in [0.717, 1.165) is 0 Å². The minimum atomic E-state index is 0.0184. The van der Waals surface area contributed by atoms with Crippen molar-refractivity contribution in [1.82, 2.24) is 10.2 Å². The van der Waals surface area contributed by atoms with E-state index in [-0.39, 0.29) is 5.84 Å². The van der Waals surface area contributed by atoms with E-state index in [4.69, 9.17) is 11.1 Å². The molecule has 0 bridgehead atoms. The molecule has 0 fully saturated rings. The van der Waals surface area contributed by atoms with Gasteiger partial charge in [0.2, 0.25) is 0 Å². The standard InChI is InChI=1S/C5H6N4/c6-5(7)4-1-2-8-9-3-4/h1-3H,(H3,6,7). The van der Waals surface area contributed by atoms with Gasteiger partial charge in [-0.15, -0.1) is 0 Å². The van der Waals surface area contributed by atoms with Crippen molar-refractivity contribution < 1.29 is 0 Å². The van der Waals surface area contributed by atoms with E-state index in [1.807, 2.05) is 0 Å². The van der Waals surface area contributed by atoms with Crippen LogP contribution in [0.5, 0.6) is 0 Å². The summed E-state index contributed by atoms with van der Waals surface area (Å²) in [6.07, 6.45) is 2.94. The van der Waals surface area contributed by atoms with Gasteiger partial charge in [-0.1, -0.05) is 0 Å². The van der Waals surface area contributed by atoms with Gasteiger partial charge >= 0.3 is 0 Å². The number of nitrogens with zero attached hydrogens (tertiary/aromatic N) is 2. The van der Waals surface area contributed by atoms with Gasteiger partial charge in [-0.3, -0.25) is 5.41 Å². The van der Waals surface area contributed by atoms with Crippen molar-refractivity contribution in [3.8, 4) is 0 Å². The van der Waals surface area contributed by atoms with Crippen LogP contribution in [0, 0.1) is 5.41 Å². The molecule has 0 unspecified atom stereocenters. The molecule has 9 heavy (non-hydrogen) atoms. The van der Waals surface area contributed by atoms with Gasteiger partial charge in [-0.25, -0.2) is 0 Å². The van der Waals surface area contributed by atoms with Gasteiger partial charge in [0.15, 0.2) is 0 Å². The molecule has 4 heteroatoms. The number of nitrogen functional groups attached to an aromatic ring is 1. The quantitative estimate of drug-likeness (QED) is 0.398. The second-order valence-electron chi connectivity index (χ2n) is 1.54. The van der Waals surface area contributed by atoms with Crippen molar-refractivity contribution in [1.29, 1.82) is 5.41 Å². The first-order valence-electron chi connectivity index (χ1n) is 2.42. The molecule has 1 aromatic heterocycles. The van der Waals surface area contributed by atoms with E-state index in [1.165, 1.54) is 12.4 Å². The Labute approximate surface area is 52.2 Å². The molecule has 0 radical (unpaired) electrons. The molecule has 1 heterocycles. The van der Waals surface area contributed by atoms with E-state index in [2.05, 4.69) is 10.2 Å². The summed E-state index contributed by atoms with van der Waals surface area (Å²) in [6.45, 7) is 0. The Hall–Kier alpha value is -1.45. The lowest BCUT2D eigenvalue weighted by atomic mass is 10.3. The van der Waals surface area contributed by atoms with Crippen LogP contribution in [0.1, 0.15) is 5.56 Å². The largest absolute Gasteiger partial charge is 0.384 e. The Morgan fingerprint density at radius 1 is 1.56 bits per heavy atom. The number of nitrogens with one attached hydrogen (secondary N) is 1. The number of rotatable bonds is 1. The maximum Gasteiger partial charge on any atom is 0.124 e. The van der Waals surface area contributed by atoms with Gasteiger partial charge < -0.3 is 5.73 Å². The van der Waals surface area contributed by atoms with E-state index in [0.29, 0.717) is 5.56 Å². The predicted octanol–water partition coefficient (Wildman–Crippen LogP) is -0.239. The third kappa shape index (κ3) is 1.22. The van der Waals surface area contributed by atoms with Crippen LogP contribution in [-0.2, 0) is 0 Å². The van der Waals surface area contributed by atoms with Crippen molar-refractivity contribution in [3.63, 3.8) is 0 Å². The molecular weight excluding hydrogens is 116 g/mol. The first-order chi connectivity index (χ1) is 4.30. The van der Waals surface area contributed by atoms with E-state index in [9.17, 15) is 0 Å². The van der Waals surface area contributed by atoms with Gasteiger partial charge in [0.1, 0.15) is 5.84 Å². The Bertz CT molecular complexity index is 205. The van der Waals surface area contributed by atoms with Gasteiger partial charge in [-0.05, 0) is 6.07 Å². The van der Waals surface area contributed by atoms with Crippen LogP contribution in [0.25, 0.3) is 0 Å². The van der Waals surface area contributed by atoms with Crippen molar-refractivity contribution in [2.75, 3.05) is 0 Å². The lowest BCUT2D eigenvalue weighted by Gasteiger charge is -1.91. The second kappa shape index (κ2) is 2.21. The highest BCUT2D eigenvalue weighted by Gasteiger charge is 1.91. The highest BCUT2D eigenvalue weighted by atomic mass is 15.1. The van der Waals surface area contributed by atoms with Crippen molar-refractivity contribution >= 4 is 5.84 Å². The summed E-state index contributed by atoms with van der Waals surface area (Å²) in [5, 5.41) is 14.0. The van der Waals surface area contributed by atoms with Gasteiger partial charge in [0.05, 0.1) is 12.4 Å². The molecule has 3 N–H and O–H groups in total. The van der Waals surface area contributed by atoms with Crippen LogP contribution in [0.2, 0.25) is 0 Å². The topological polar surface area (TPSA) is 75.7 Å². The van der Waals surface area contributed by atoms with Crippen LogP contribution in [0.3, 0.4) is 0 Å². The zero-order chi connectivity index (χ0) is 6.69. The van der Waals surface area contributed by atoms with Crippen LogP contribution >= 0.6 is 0 Å². The molecule has 0 aliphatic rings. The first-order valence-corrected chi connectivity index (χ1v) is 2.42. The molecule has 0 aromatic carbocycles.